The lowest BCUT2D eigenvalue weighted by molar-refractivity contribution is 0.601. The molecule has 1 heterocycles. The van der Waals surface area contributed by atoms with Crippen LogP contribution in [-0.2, 0) is 10.0 Å². The van der Waals surface area contributed by atoms with Gasteiger partial charge < -0.3 is 0 Å². The largest absolute Gasteiger partial charge is 0.278 e. The van der Waals surface area contributed by atoms with Gasteiger partial charge in [-0.3, -0.25) is 9.29 Å². The summed E-state index contributed by atoms with van der Waals surface area (Å²) in [5.41, 5.74) is 1.88. The summed E-state index contributed by atoms with van der Waals surface area (Å²) in [4.78, 5) is 0.111. The Hall–Kier alpha value is -2.81. The molecule has 4 rings (SSSR count). The van der Waals surface area contributed by atoms with Crippen molar-refractivity contribution >= 4 is 39.1 Å². The highest BCUT2D eigenvalue weighted by Gasteiger charge is 2.20. The minimum atomic E-state index is -3.85. The normalized spacial score (nSPS) is 11.4. The van der Waals surface area contributed by atoms with Gasteiger partial charge in [0.05, 0.1) is 15.6 Å². The van der Waals surface area contributed by atoms with E-state index in [1.165, 1.54) is 0 Å². The zero-order valence-corrected chi connectivity index (χ0v) is 19.7. The van der Waals surface area contributed by atoms with Crippen molar-refractivity contribution in [3.63, 3.8) is 0 Å². The van der Waals surface area contributed by atoms with Gasteiger partial charge in [0, 0.05) is 17.0 Å². The maximum absolute atomic E-state index is 13.0. The summed E-state index contributed by atoms with van der Waals surface area (Å²) in [7, 11) is -3.85. The van der Waals surface area contributed by atoms with E-state index in [9.17, 15) is 8.42 Å². The average molecular weight is 485 g/mol. The third kappa shape index (κ3) is 4.82. The lowest BCUT2D eigenvalue weighted by Gasteiger charge is -2.12. The SMILES string of the molecule is CCCSc1nnc(-c2cccc(S(=O)(=O)Nc3ccccc3Cl)c2)n1-c1ccccc1. The number of aromatic nitrogens is 3. The Morgan fingerprint density at radius 2 is 1.72 bits per heavy atom. The van der Waals surface area contributed by atoms with E-state index >= 15 is 0 Å². The molecule has 0 aliphatic carbocycles. The van der Waals surface area contributed by atoms with E-state index in [0.29, 0.717) is 22.1 Å². The smallest absolute Gasteiger partial charge is 0.261 e. The number of anilines is 1. The van der Waals surface area contributed by atoms with Gasteiger partial charge in [0.15, 0.2) is 11.0 Å². The first kappa shape index (κ1) is 22.4. The molecular formula is C23H21ClN4O2S2. The summed E-state index contributed by atoms with van der Waals surface area (Å²) in [5.74, 6) is 1.48. The standard InChI is InChI=1S/C23H21ClN4O2S2/c1-2-15-31-23-26-25-22(28(23)18-10-4-3-5-11-18)17-9-8-12-19(16-17)32(29,30)27-21-14-7-6-13-20(21)24/h3-14,16,27H,2,15H2,1H3. The van der Waals surface area contributed by atoms with Crippen molar-refractivity contribution in [1.82, 2.24) is 14.8 Å². The monoisotopic (exact) mass is 484 g/mol. The third-order valence-electron chi connectivity index (χ3n) is 4.60. The van der Waals surface area contributed by atoms with Crippen molar-refractivity contribution in [1.29, 1.82) is 0 Å². The minimum Gasteiger partial charge on any atom is -0.278 e. The number of halogens is 1. The van der Waals surface area contributed by atoms with Gasteiger partial charge in [-0.25, -0.2) is 8.42 Å². The van der Waals surface area contributed by atoms with Crippen LogP contribution >= 0.6 is 23.4 Å². The molecular weight excluding hydrogens is 464 g/mol. The number of benzene rings is 3. The first-order valence-corrected chi connectivity index (χ1v) is 12.9. The first-order valence-electron chi connectivity index (χ1n) is 10.0. The number of hydrogen-bond donors (Lipinski definition) is 1. The summed E-state index contributed by atoms with van der Waals surface area (Å²) in [6.45, 7) is 2.11. The second-order valence-corrected chi connectivity index (χ2v) is 10.1. The molecule has 9 heteroatoms. The van der Waals surface area contributed by atoms with Crippen LogP contribution < -0.4 is 4.72 Å². The van der Waals surface area contributed by atoms with Gasteiger partial charge in [-0.15, -0.1) is 10.2 Å². The molecule has 4 aromatic rings. The number of nitrogens with zero attached hydrogens (tertiary/aromatic N) is 3. The van der Waals surface area contributed by atoms with Crippen LogP contribution in [0.25, 0.3) is 17.1 Å². The molecule has 0 fully saturated rings. The molecule has 0 unspecified atom stereocenters. The summed E-state index contributed by atoms with van der Waals surface area (Å²) >= 11 is 7.74. The van der Waals surface area contributed by atoms with Gasteiger partial charge in [0.25, 0.3) is 10.0 Å². The van der Waals surface area contributed by atoms with Gasteiger partial charge in [0.2, 0.25) is 0 Å². The number of sulfonamides is 1. The lowest BCUT2D eigenvalue weighted by Crippen LogP contribution is -2.13. The first-order chi connectivity index (χ1) is 15.5. The predicted molar refractivity (Wildman–Crippen MR) is 130 cm³/mol. The van der Waals surface area contributed by atoms with Gasteiger partial charge in [-0.1, -0.05) is 72.8 Å². The van der Waals surface area contributed by atoms with Crippen LogP contribution in [0.3, 0.4) is 0 Å². The van der Waals surface area contributed by atoms with Crippen LogP contribution in [-0.4, -0.2) is 28.9 Å². The van der Waals surface area contributed by atoms with E-state index in [1.807, 2.05) is 41.0 Å². The number of rotatable bonds is 8. The summed E-state index contributed by atoms with van der Waals surface area (Å²) < 4.78 is 30.6. The zero-order chi connectivity index (χ0) is 22.6. The molecule has 0 saturated carbocycles. The van der Waals surface area contributed by atoms with E-state index in [2.05, 4.69) is 21.8 Å². The highest BCUT2D eigenvalue weighted by Crippen LogP contribution is 2.30. The number of hydrogen-bond acceptors (Lipinski definition) is 5. The molecule has 6 nitrogen and oxygen atoms in total. The molecule has 0 atom stereocenters. The van der Waals surface area contributed by atoms with Crippen LogP contribution in [0.15, 0.2) is 88.9 Å². The van der Waals surface area contributed by atoms with Crippen molar-refractivity contribution in [2.24, 2.45) is 0 Å². The van der Waals surface area contributed by atoms with Gasteiger partial charge in [-0.2, -0.15) is 0 Å². The Balaban J connectivity index is 1.75. The fourth-order valence-electron chi connectivity index (χ4n) is 3.10. The van der Waals surface area contributed by atoms with Crippen molar-refractivity contribution < 1.29 is 8.42 Å². The molecule has 0 aliphatic rings. The molecule has 32 heavy (non-hydrogen) atoms. The van der Waals surface area contributed by atoms with Crippen molar-refractivity contribution in [2.75, 3.05) is 10.5 Å². The van der Waals surface area contributed by atoms with Crippen molar-refractivity contribution in [3.8, 4) is 17.1 Å². The Labute approximate surface area is 196 Å². The van der Waals surface area contributed by atoms with Crippen LogP contribution in [0.1, 0.15) is 13.3 Å². The van der Waals surface area contributed by atoms with Gasteiger partial charge >= 0.3 is 0 Å². The van der Waals surface area contributed by atoms with Crippen LogP contribution in [0.5, 0.6) is 0 Å². The molecule has 0 spiro atoms. The number of nitrogens with one attached hydrogen (secondary N) is 1. The van der Waals surface area contributed by atoms with E-state index in [-0.39, 0.29) is 4.90 Å². The Morgan fingerprint density at radius 3 is 2.47 bits per heavy atom. The minimum absolute atomic E-state index is 0.111. The van der Waals surface area contributed by atoms with Crippen LogP contribution in [0, 0.1) is 0 Å². The lowest BCUT2D eigenvalue weighted by atomic mass is 10.2. The molecule has 164 valence electrons. The van der Waals surface area contributed by atoms with E-state index in [4.69, 9.17) is 11.6 Å². The molecule has 0 bridgehead atoms. The summed E-state index contributed by atoms with van der Waals surface area (Å²) in [6, 6.07) is 23.2. The van der Waals surface area contributed by atoms with Crippen LogP contribution in [0.4, 0.5) is 5.69 Å². The molecule has 0 aliphatic heterocycles. The maximum atomic E-state index is 13.0. The predicted octanol–water partition coefficient (Wildman–Crippen LogP) is 5.89. The van der Waals surface area contributed by atoms with Crippen molar-refractivity contribution in [3.05, 3.63) is 83.9 Å². The molecule has 0 radical (unpaired) electrons. The summed E-state index contributed by atoms with van der Waals surface area (Å²) in [5, 5.41) is 9.85. The molecule has 0 amide bonds. The molecule has 3 aromatic carbocycles. The van der Waals surface area contributed by atoms with Gasteiger partial charge in [-0.05, 0) is 42.8 Å². The fourth-order valence-corrected chi connectivity index (χ4v) is 5.27. The van der Waals surface area contributed by atoms with E-state index < -0.39 is 10.0 Å². The molecule has 1 N–H and O–H groups in total. The molecule has 0 saturated heterocycles. The Kier molecular flexibility index (Phi) is 6.83. The fraction of sp³-hybridized carbons (Fsp3) is 0.130. The Bertz CT molecular complexity index is 1320. The molecule has 1 aromatic heterocycles. The van der Waals surface area contributed by atoms with Gasteiger partial charge in [0.1, 0.15) is 0 Å². The second-order valence-electron chi connectivity index (χ2n) is 6.94. The van der Waals surface area contributed by atoms with E-state index in [0.717, 1.165) is 23.0 Å². The van der Waals surface area contributed by atoms with E-state index in [1.54, 1.807) is 54.2 Å². The quantitative estimate of drug-likeness (QED) is 0.315. The van der Waals surface area contributed by atoms with Crippen molar-refractivity contribution in [2.45, 2.75) is 23.4 Å². The highest BCUT2D eigenvalue weighted by atomic mass is 35.5. The second kappa shape index (κ2) is 9.77. The van der Waals surface area contributed by atoms with Crippen LogP contribution in [0.2, 0.25) is 5.02 Å². The third-order valence-corrected chi connectivity index (χ3v) is 7.43. The number of thioether (sulfide) groups is 1. The summed E-state index contributed by atoms with van der Waals surface area (Å²) in [6.07, 6.45) is 1.00. The highest BCUT2D eigenvalue weighted by molar-refractivity contribution is 7.99. The maximum Gasteiger partial charge on any atom is 0.261 e. The zero-order valence-electron chi connectivity index (χ0n) is 17.3. The Morgan fingerprint density at radius 1 is 0.969 bits per heavy atom. The number of para-hydroxylation sites is 2. The topological polar surface area (TPSA) is 76.9 Å². The average Bonchev–Trinajstić information content (AvgIpc) is 3.24.